The normalized spacial score (nSPS) is 21.0. The SMILES string of the molecule is O=C(NC1CC(c2ccccc2)C1)C(F)(F)c1ccccn1. The van der Waals surface area contributed by atoms with Crippen molar-refractivity contribution in [2.75, 3.05) is 0 Å². The van der Waals surface area contributed by atoms with E-state index in [0.29, 0.717) is 18.8 Å². The van der Waals surface area contributed by atoms with Gasteiger partial charge in [0.1, 0.15) is 5.69 Å². The predicted molar refractivity (Wildman–Crippen MR) is 78.5 cm³/mol. The molecule has 0 spiro atoms. The molecule has 0 atom stereocenters. The Bertz CT molecular complexity index is 640. The van der Waals surface area contributed by atoms with E-state index in [9.17, 15) is 13.6 Å². The van der Waals surface area contributed by atoms with Gasteiger partial charge < -0.3 is 5.32 Å². The van der Waals surface area contributed by atoms with Gasteiger partial charge in [0.05, 0.1) is 0 Å². The van der Waals surface area contributed by atoms with Crippen LogP contribution < -0.4 is 5.32 Å². The maximum absolute atomic E-state index is 14.0. The van der Waals surface area contributed by atoms with Crippen LogP contribution in [0.4, 0.5) is 8.78 Å². The van der Waals surface area contributed by atoms with E-state index in [1.165, 1.54) is 23.9 Å². The van der Waals surface area contributed by atoms with Crippen LogP contribution in [0.2, 0.25) is 0 Å². The third-order valence-electron chi connectivity index (χ3n) is 4.02. The van der Waals surface area contributed by atoms with E-state index in [2.05, 4.69) is 10.3 Å². The van der Waals surface area contributed by atoms with E-state index in [1.807, 2.05) is 30.3 Å². The largest absolute Gasteiger partial charge is 0.366 e. The number of nitrogens with zero attached hydrogens (tertiary/aromatic N) is 1. The number of carbonyl (C=O) groups excluding carboxylic acids is 1. The van der Waals surface area contributed by atoms with Gasteiger partial charge in [-0.25, -0.2) is 0 Å². The minimum absolute atomic E-state index is 0.202. The fourth-order valence-electron chi connectivity index (χ4n) is 2.67. The maximum Gasteiger partial charge on any atom is 0.366 e. The number of nitrogens with one attached hydrogen (secondary N) is 1. The minimum Gasteiger partial charge on any atom is -0.348 e. The summed E-state index contributed by atoms with van der Waals surface area (Å²) in [5.41, 5.74) is 0.663. The molecule has 1 heterocycles. The van der Waals surface area contributed by atoms with E-state index in [0.717, 1.165) is 6.07 Å². The summed E-state index contributed by atoms with van der Waals surface area (Å²) >= 11 is 0. The fraction of sp³-hybridized carbons (Fsp3) is 0.294. The number of aromatic nitrogens is 1. The lowest BCUT2D eigenvalue weighted by molar-refractivity contribution is -0.149. The zero-order valence-corrected chi connectivity index (χ0v) is 11.9. The Kier molecular flexibility index (Phi) is 3.88. The van der Waals surface area contributed by atoms with Crippen LogP contribution in [-0.4, -0.2) is 16.9 Å². The van der Waals surface area contributed by atoms with Gasteiger partial charge in [-0.1, -0.05) is 36.4 Å². The van der Waals surface area contributed by atoms with Gasteiger partial charge in [-0.2, -0.15) is 8.78 Å². The maximum atomic E-state index is 14.0. The van der Waals surface area contributed by atoms with E-state index in [4.69, 9.17) is 0 Å². The highest BCUT2D eigenvalue weighted by Gasteiger charge is 2.44. The molecular formula is C17H16F2N2O. The number of alkyl halides is 2. The molecule has 1 aliphatic carbocycles. The molecule has 0 unspecified atom stereocenters. The van der Waals surface area contributed by atoms with Crippen molar-refractivity contribution in [2.45, 2.75) is 30.7 Å². The lowest BCUT2D eigenvalue weighted by Gasteiger charge is -2.36. The molecule has 3 rings (SSSR count). The summed E-state index contributed by atoms with van der Waals surface area (Å²) in [5.74, 6) is -4.54. The van der Waals surface area contributed by atoms with Crippen LogP contribution in [-0.2, 0) is 10.7 Å². The Morgan fingerprint density at radius 1 is 1.09 bits per heavy atom. The monoisotopic (exact) mass is 302 g/mol. The van der Waals surface area contributed by atoms with Crippen LogP contribution in [0.15, 0.2) is 54.7 Å². The molecule has 0 saturated heterocycles. The highest BCUT2D eigenvalue weighted by atomic mass is 19.3. The lowest BCUT2D eigenvalue weighted by atomic mass is 9.76. The summed E-state index contributed by atoms with van der Waals surface area (Å²) in [6.07, 6.45) is 2.63. The van der Waals surface area contributed by atoms with Crippen molar-refractivity contribution in [1.82, 2.24) is 10.3 Å². The van der Waals surface area contributed by atoms with Crippen molar-refractivity contribution in [3.8, 4) is 0 Å². The first-order valence-corrected chi connectivity index (χ1v) is 7.22. The molecule has 1 N–H and O–H groups in total. The Morgan fingerprint density at radius 2 is 1.77 bits per heavy atom. The first-order valence-electron chi connectivity index (χ1n) is 7.22. The second-order valence-electron chi connectivity index (χ2n) is 5.54. The van der Waals surface area contributed by atoms with Crippen LogP contribution in [0.25, 0.3) is 0 Å². The molecule has 1 aliphatic rings. The molecule has 1 saturated carbocycles. The van der Waals surface area contributed by atoms with Crippen molar-refractivity contribution < 1.29 is 13.6 Å². The summed E-state index contributed by atoms with van der Waals surface area (Å²) in [5, 5.41) is 2.43. The standard InChI is InChI=1S/C17H16F2N2O/c18-17(19,15-8-4-5-9-20-15)16(22)21-14-10-13(11-14)12-6-2-1-3-7-12/h1-9,13-14H,10-11H2,(H,21,22). The zero-order chi connectivity index (χ0) is 15.6. The molecule has 22 heavy (non-hydrogen) atoms. The van der Waals surface area contributed by atoms with Gasteiger partial charge in [0.2, 0.25) is 0 Å². The molecule has 0 aliphatic heterocycles. The van der Waals surface area contributed by atoms with E-state index in [-0.39, 0.29) is 6.04 Å². The minimum atomic E-state index is -3.60. The first-order chi connectivity index (χ1) is 10.6. The molecule has 2 aromatic rings. The van der Waals surface area contributed by atoms with Crippen LogP contribution >= 0.6 is 0 Å². The van der Waals surface area contributed by atoms with Crippen LogP contribution in [0.3, 0.4) is 0 Å². The van der Waals surface area contributed by atoms with Crippen molar-refractivity contribution in [3.63, 3.8) is 0 Å². The van der Waals surface area contributed by atoms with Crippen molar-refractivity contribution in [1.29, 1.82) is 0 Å². The van der Waals surface area contributed by atoms with Crippen molar-refractivity contribution in [3.05, 3.63) is 66.0 Å². The molecule has 0 bridgehead atoms. The lowest BCUT2D eigenvalue weighted by Crippen LogP contribution is -2.49. The van der Waals surface area contributed by atoms with Gasteiger partial charge in [-0.05, 0) is 36.5 Å². The van der Waals surface area contributed by atoms with E-state index < -0.39 is 17.5 Å². The quantitative estimate of drug-likeness (QED) is 0.942. The Labute approximate surface area is 127 Å². The molecule has 1 aromatic carbocycles. The van der Waals surface area contributed by atoms with Gasteiger partial charge >= 0.3 is 5.92 Å². The number of halogens is 2. The molecule has 1 aromatic heterocycles. The van der Waals surface area contributed by atoms with E-state index >= 15 is 0 Å². The number of benzene rings is 1. The van der Waals surface area contributed by atoms with Crippen LogP contribution in [0.1, 0.15) is 30.0 Å². The molecule has 1 amide bonds. The number of amides is 1. The Morgan fingerprint density at radius 3 is 2.41 bits per heavy atom. The van der Waals surface area contributed by atoms with Crippen LogP contribution in [0, 0.1) is 0 Å². The predicted octanol–water partition coefficient (Wildman–Crippen LogP) is 3.24. The van der Waals surface area contributed by atoms with Gasteiger partial charge in [0, 0.05) is 12.2 Å². The van der Waals surface area contributed by atoms with Gasteiger partial charge in [0.25, 0.3) is 5.91 Å². The smallest absolute Gasteiger partial charge is 0.348 e. The average molecular weight is 302 g/mol. The number of hydrogen-bond donors (Lipinski definition) is 1. The highest BCUT2D eigenvalue weighted by molar-refractivity contribution is 5.84. The Balaban J connectivity index is 1.58. The topological polar surface area (TPSA) is 42.0 Å². The summed E-state index contributed by atoms with van der Waals surface area (Å²) in [7, 11) is 0. The number of hydrogen-bond acceptors (Lipinski definition) is 2. The number of rotatable bonds is 4. The first kappa shape index (κ1) is 14.6. The van der Waals surface area contributed by atoms with Crippen molar-refractivity contribution >= 4 is 5.91 Å². The summed E-state index contributed by atoms with van der Waals surface area (Å²) < 4.78 is 28.0. The van der Waals surface area contributed by atoms with Gasteiger partial charge in [-0.15, -0.1) is 0 Å². The second-order valence-corrected chi connectivity index (χ2v) is 5.54. The molecule has 1 fully saturated rings. The Hall–Kier alpha value is -2.30. The number of carbonyl (C=O) groups is 1. The zero-order valence-electron chi connectivity index (χ0n) is 11.9. The third-order valence-corrected chi connectivity index (χ3v) is 4.02. The average Bonchev–Trinajstić information content (AvgIpc) is 2.52. The highest BCUT2D eigenvalue weighted by Crippen LogP contribution is 2.37. The third kappa shape index (κ3) is 2.84. The second kappa shape index (κ2) is 5.83. The van der Waals surface area contributed by atoms with E-state index in [1.54, 1.807) is 0 Å². The molecular weight excluding hydrogens is 286 g/mol. The number of pyridine rings is 1. The summed E-state index contributed by atoms with van der Waals surface area (Å²) in [6, 6.07) is 13.8. The van der Waals surface area contributed by atoms with Gasteiger partial charge in [-0.3, -0.25) is 9.78 Å². The fourth-order valence-corrected chi connectivity index (χ4v) is 2.67. The summed E-state index contributed by atoms with van der Waals surface area (Å²) in [4.78, 5) is 15.4. The molecule has 114 valence electrons. The molecule has 0 radical (unpaired) electrons. The van der Waals surface area contributed by atoms with Crippen molar-refractivity contribution in [2.24, 2.45) is 0 Å². The summed E-state index contributed by atoms with van der Waals surface area (Å²) in [6.45, 7) is 0. The van der Waals surface area contributed by atoms with Crippen LogP contribution in [0.5, 0.6) is 0 Å². The van der Waals surface area contributed by atoms with Gasteiger partial charge in [0.15, 0.2) is 0 Å². The molecule has 3 nitrogen and oxygen atoms in total. The molecule has 5 heteroatoms.